The second-order valence-corrected chi connectivity index (χ2v) is 28.3. The molecule has 8 aromatic rings. The summed E-state index contributed by atoms with van der Waals surface area (Å²) in [4.78, 5) is 0. The number of benzene rings is 8. The van der Waals surface area contributed by atoms with Gasteiger partial charge in [-0.05, 0) is 197 Å². The molecule has 2 heterocycles. The Bertz CT molecular complexity index is 3010. The third-order valence-electron chi connectivity index (χ3n) is 14.1. The Morgan fingerprint density at radius 3 is 1.00 bits per heavy atom. The second kappa shape index (κ2) is 25.8. The molecule has 0 saturated carbocycles. The molecule has 2 N–H and O–H groups in total. The van der Waals surface area contributed by atoms with E-state index >= 15 is 0 Å². The van der Waals surface area contributed by atoms with Crippen LogP contribution in [0.3, 0.4) is 0 Å². The van der Waals surface area contributed by atoms with E-state index in [2.05, 4.69) is 152 Å². The fourth-order valence-electron chi connectivity index (χ4n) is 11.0. The van der Waals surface area contributed by atoms with Gasteiger partial charge in [0, 0.05) is 0 Å². The molecule has 0 aromatic heterocycles. The van der Waals surface area contributed by atoms with E-state index in [1.807, 2.05) is 62.4 Å². The summed E-state index contributed by atoms with van der Waals surface area (Å²) < 4.78 is 35.8. The van der Waals surface area contributed by atoms with Crippen molar-refractivity contribution >= 4 is 67.1 Å². The summed E-state index contributed by atoms with van der Waals surface area (Å²) in [5, 5.41) is 7.86. The van der Waals surface area contributed by atoms with Gasteiger partial charge in [0.2, 0.25) is 13.6 Å². The van der Waals surface area contributed by atoms with Crippen LogP contribution in [0.15, 0.2) is 146 Å². The summed E-state index contributed by atoms with van der Waals surface area (Å²) in [6.45, 7) is 21.9. The number of nitrogens with one attached hydrogen (secondary N) is 2. The maximum atomic E-state index is 9.12. The zero-order valence-corrected chi connectivity index (χ0v) is 51.7. The topological polar surface area (TPSA) is 103 Å². The van der Waals surface area contributed by atoms with Crippen LogP contribution in [0.4, 0.5) is 0 Å². The van der Waals surface area contributed by atoms with Crippen LogP contribution in [0.1, 0.15) is 69.5 Å². The van der Waals surface area contributed by atoms with Crippen LogP contribution >= 0.6 is 35.2 Å². The molecule has 1 atom stereocenters. The van der Waals surface area contributed by atoms with Crippen molar-refractivity contribution in [3.63, 3.8) is 0 Å². The average Bonchev–Trinajstić information content (AvgIpc) is 4.15. The molecule has 13 heteroatoms. The van der Waals surface area contributed by atoms with Crippen LogP contribution in [0.5, 0.6) is 34.5 Å². The number of aryl methyl sites for hydroxylation is 8. The minimum absolute atomic E-state index is 0.0525. The van der Waals surface area contributed by atoms with E-state index in [0.29, 0.717) is 0 Å². The zero-order chi connectivity index (χ0) is 56.0. The fourth-order valence-corrected chi connectivity index (χ4v) is 17.4. The van der Waals surface area contributed by atoms with Crippen molar-refractivity contribution in [1.82, 2.24) is 0 Å². The Hall–Kier alpha value is -5.46. The first-order valence-corrected chi connectivity index (χ1v) is 33.4. The molecular weight excluding hydrogens is 1140 g/mol. The molecule has 8 nitrogen and oxygen atoms in total. The monoisotopic (exact) mass is 1210 g/mol. The summed E-state index contributed by atoms with van der Waals surface area (Å²) in [6.07, 6.45) is 0. The Labute approximate surface area is 480 Å². The van der Waals surface area contributed by atoms with Gasteiger partial charge in [-0.1, -0.05) is 85.0 Å². The normalized spacial score (nSPS) is 12.8. The molecule has 0 aliphatic carbocycles. The number of hydrogen-bond donors (Lipinski definition) is 0. The van der Waals surface area contributed by atoms with Crippen molar-refractivity contribution in [3.05, 3.63) is 213 Å². The zero-order valence-electron chi connectivity index (χ0n) is 46.5. The van der Waals surface area contributed by atoms with Crippen molar-refractivity contribution in [2.75, 3.05) is 27.8 Å². The predicted molar refractivity (Wildman–Crippen MR) is 328 cm³/mol. The van der Waals surface area contributed by atoms with Gasteiger partial charge < -0.3 is 39.9 Å². The molecule has 10 rings (SSSR count). The van der Waals surface area contributed by atoms with Crippen LogP contribution in [0, 0.1) is 61.3 Å². The van der Waals surface area contributed by atoms with E-state index < -0.39 is 27.4 Å². The van der Waals surface area contributed by atoms with Gasteiger partial charge in [-0.2, -0.15) is 0 Å². The molecule has 2 aliphatic heterocycles. The van der Waals surface area contributed by atoms with Crippen molar-refractivity contribution in [2.45, 2.75) is 80.8 Å². The number of halogens is 2. The Morgan fingerprint density at radius 1 is 0.462 bits per heavy atom. The molecule has 8 aromatic carbocycles. The molecule has 0 amide bonds. The molecule has 2 aliphatic rings. The van der Waals surface area contributed by atoms with E-state index in [-0.39, 0.29) is 34.6 Å². The first-order valence-electron chi connectivity index (χ1n) is 25.9. The summed E-state index contributed by atoms with van der Waals surface area (Å²) in [6, 6.07) is 51.2. The molecule has 0 bridgehead atoms. The average molecular weight is 1210 g/mol. The van der Waals surface area contributed by atoms with Crippen LogP contribution < -0.4 is 60.2 Å². The van der Waals surface area contributed by atoms with Gasteiger partial charge in [0.05, 0.1) is 41.2 Å². The minimum atomic E-state index is -1.60. The molecule has 0 fully saturated rings. The molecular formula is C65H70Cl2N2O6P2Ru+2. The van der Waals surface area contributed by atoms with Crippen LogP contribution in [-0.2, 0) is 20.7 Å². The van der Waals surface area contributed by atoms with E-state index in [1.165, 1.54) is 76.3 Å². The number of fused-ring (bicyclic) bond motifs is 2. The number of methoxy groups -OCH3 is 2. The Balaban J connectivity index is 0.000000258. The molecule has 0 spiro atoms. The Morgan fingerprint density at radius 2 is 0.744 bits per heavy atom. The van der Waals surface area contributed by atoms with Crippen LogP contribution in [0.25, 0.3) is 22.6 Å². The summed E-state index contributed by atoms with van der Waals surface area (Å²) in [5.41, 5.74) is 30.4. The van der Waals surface area contributed by atoms with Gasteiger partial charge in [-0.15, -0.1) is 6.04 Å². The molecule has 406 valence electrons. The second-order valence-electron chi connectivity index (χ2n) is 20.7. The summed E-state index contributed by atoms with van der Waals surface area (Å²) >= 11 is -0.346. The first-order chi connectivity index (χ1) is 37.4. The van der Waals surface area contributed by atoms with Crippen LogP contribution in [-0.4, -0.2) is 33.8 Å². The van der Waals surface area contributed by atoms with Gasteiger partial charge in [-0.25, -0.2) is 0 Å². The SMILES string of the molecule is COc1ccc(C([NH-])(c2ccc(OC)cc2)[C@H]([NH-])C(C)C)cc1.Cc1cc(C)cc([PH+](c2cc(C)cc(C)c2)c2ccc3c(c2-c2c([PH+](c4cc(C)cc(C)c4)c4cc(C)cc(C)c4)ccc4c2OCO4)OCO3)c1.[Cl][Ru+2][Cl]. The number of hydrogen-bond acceptors (Lipinski definition) is 6. The van der Waals surface area contributed by atoms with Gasteiger partial charge >= 0.3 is 34.5 Å². The van der Waals surface area contributed by atoms with Crippen LogP contribution in [0.2, 0.25) is 0 Å². The van der Waals surface area contributed by atoms with Gasteiger partial charge in [0.25, 0.3) is 0 Å². The van der Waals surface area contributed by atoms with Crippen molar-refractivity contribution < 1.29 is 43.6 Å². The van der Waals surface area contributed by atoms with E-state index in [0.717, 1.165) is 56.8 Å². The van der Waals surface area contributed by atoms with Gasteiger partial charge in [0.15, 0.2) is 23.0 Å². The molecule has 0 unspecified atom stereocenters. The van der Waals surface area contributed by atoms with Crippen molar-refractivity contribution in [2.24, 2.45) is 5.92 Å². The molecule has 0 radical (unpaired) electrons. The quantitative estimate of drug-likeness (QED) is 0.0842. The van der Waals surface area contributed by atoms with E-state index in [4.69, 9.17) is 59.3 Å². The van der Waals surface area contributed by atoms with Crippen molar-refractivity contribution in [3.8, 4) is 45.6 Å². The molecule has 0 saturated heterocycles. The fraction of sp³-hybridized carbons (Fsp3) is 0.262. The molecule has 78 heavy (non-hydrogen) atoms. The number of ether oxygens (including phenoxy) is 6. The van der Waals surface area contributed by atoms with E-state index in [9.17, 15) is 0 Å². The van der Waals surface area contributed by atoms with Gasteiger partial charge in [0.1, 0.15) is 43.3 Å². The third-order valence-corrected chi connectivity index (χ3v) is 19.5. The standard InChI is InChI=1S/C46H44O4P2.C19H24N2O2.2ClH.Ru/c1-27-13-28(2)18-35(17-27)51(36-19-29(3)14-30(4)20-36)41-11-9-39-45(49-25-47-39)43(41)44-42(12-10-40-46(44)50-26-48-40)52(37-21-31(5)15-32(6)22-37)38-23-33(7)16-34(8)24-38;1-13(2)18(20)19(21,14-5-9-16(22-3)10-6-14)15-7-11-17(23-4)12-8-15;;;/h9-24H,25-26H2,1-8H3;5-13,18,20-21H,1-4H3;2*1H;/q;-2;;;+4/t;18-;;;/m.1.../s1. The maximum absolute atomic E-state index is 9.12. The summed E-state index contributed by atoms with van der Waals surface area (Å²) in [7, 11) is 9.75. The third kappa shape index (κ3) is 12.9. The first kappa shape index (κ1) is 58.7. The Kier molecular flexibility index (Phi) is 19.4. The van der Waals surface area contributed by atoms with Crippen molar-refractivity contribution in [1.29, 1.82) is 0 Å². The van der Waals surface area contributed by atoms with E-state index in [1.54, 1.807) is 14.2 Å². The predicted octanol–water partition coefficient (Wildman–Crippen LogP) is 14.7. The van der Waals surface area contributed by atoms with Gasteiger partial charge in [-0.3, -0.25) is 0 Å². The number of rotatable bonds is 13. The summed E-state index contributed by atoms with van der Waals surface area (Å²) in [5.74, 6) is 4.62.